The van der Waals surface area contributed by atoms with Crippen molar-refractivity contribution in [1.82, 2.24) is 4.98 Å². The molecule has 1 N–H and O–H groups in total. The standard InChI is InChI=1S/C21H24N2S/c1-5-21(4)11-10-15(14(2)3)19(20(21)23-13-24)17-12-22-18-9-7-6-8-16(17)18/h5-9,12,15,19-20,22H,1-2,10-11H2,3-4H3/t15?,19-,20-,21+/m1/s1. The van der Waals surface area contributed by atoms with Crippen LogP contribution in [-0.2, 0) is 0 Å². The van der Waals surface area contributed by atoms with Crippen LogP contribution in [0.25, 0.3) is 10.9 Å². The summed E-state index contributed by atoms with van der Waals surface area (Å²) < 4.78 is 0. The van der Waals surface area contributed by atoms with Crippen molar-refractivity contribution in [2.24, 2.45) is 16.3 Å². The van der Waals surface area contributed by atoms with Crippen molar-refractivity contribution in [3.63, 3.8) is 0 Å². The third kappa shape index (κ3) is 2.68. The molecule has 2 aromatic rings. The number of rotatable bonds is 4. The van der Waals surface area contributed by atoms with E-state index in [2.05, 4.69) is 72.6 Å². The molecule has 1 aromatic heterocycles. The summed E-state index contributed by atoms with van der Waals surface area (Å²) >= 11 is 4.98. The molecule has 0 bridgehead atoms. The number of nitrogens with zero attached hydrogens (tertiary/aromatic N) is 1. The van der Waals surface area contributed by atoms with E-state index in [-0.39, 0.29) is 17.4 Å². The number of aliphatic imine (C=N–C) groups is 1. The summed E-state index contributed by atoms with van der Waals surface area (Å²) in [6.07, 6.45) is 6.31. The van der Waals surface area contributed by atoms with E-state index in [4.69, 9.17) is 12.2 Å². The van der Waals surface area contributed by atoms with Crippen LogP contribution in [0.1, 0.15) is 38.2 Å². The summed E-state index contributed by atoms with van der Waals surface area (Å²) in [6, 6.07) is 8.46. The fraction of sp³-hybridized carbons (Fsp3) is 0.381. The van der Waals surface area contributed by atoms with E-state index >= 15 is 0 Å². The summed E-state index contributed by atoms with van der Waals surface area (Å²) in [5.74, 6) is 0.611. The molecule has 3 rings (SSSR count). The lowest BCUT2D eigenvalue weighted by molar-refractivity contribution is 0.174. The Morgan fingerprint density at radius 2 is 2.21 bits per heavy atom. The molecule has 0 radical (unpaired) electrons. The van der Waals surface area contributed by atoms with E-state index in [1.807, 2.05) is 6.08 Å². The maximum absolute atomic E-state index is 4.98. The number of fused-ring (bicyclic) bond motifs is 1. The van der Waals surface area contributed by atoms with Gasteiger partial charge in [-0.25, -0.2) is 4.99 Å². The molecule has 1 saturated carbocycles. The van der Waals surface area contributed by atoms with E-state index in [1.165, 1.54) is 16.5 Å². The fourth-order valence-corrected chi connectivity index (χ4v) is 4.35. The lowest BCUT2D eigenvalue weighted by Crippen LogP contribution is -2.42. The molecule has 1 aliphatic carbocycles. The monoisotopic (exact) mass is 336 g/mol. The number of aromatic amines is 1. The van der Waals surface area contributed by atoms with Gasteiger partial charge < -0.3 is 4.98 Å². The molecule has 1 unspecified atom stereocenters. The summed E-state index contributed by atoms with van der Waals surface area (Å²) in [5, 5.41) is 3.90. The molecule has 0 saturated heterocycles. The zero-order valence-electron chi connectivity index (χ0n) is 14.4. The molecule has 4 atom stereocenters. The summed E-state index contributed by atoms with van der Waals surface area (Å²) in [6.45, 7) is 12.7. The molecule has 1 fully saturated rings. The van der Waals surface area contributed by atoms with Gasteiger partial charge in [-0.15, -0.1) is 6.58 Å². The van der Waals surface area contributed by atoms with Crippen LogP contribution in [-0.4, -0.2) is 16.2 Å². The first kappa shape index (κ1) is 16.9. The first-order valence-electron chi connectivity index (χ1n) is 8.44. The first-order chi connectivity index (χ1) is 11.5. The van der Waals surface area contributed by atoms with Crippen molar-refractivity contribution in [2.75, 3.05) is 0 Å². The van der Waals surface area contributed by atoms with Crippen LogP contribution in [0.4, 0.5) is 0 Å². The molecule has 0 amide bonds. The zero-order chi connectivity index (χ0) is 17.3. The van der Waals surface area contributed by atoms with Gasteiger partial charge in [0, 0.05) is 28.4 Å². The van der Waals surface area contributed by atoms with Crippen molar-refractivity contribution in [1.29, 1.82) is 0 Å². The number of hydrogen-bond donors (Lipinski definition) is 1. The average Bonchev–Trinajstić information content (AvgIpc) is 3.00. The Balaban J connectivity index is 2.21. The highest BCUT2D eigenvalue weighted by molar-refractivity contribution is 7.78. The number of allylic oxidation sites excluding steroid dienone is 1. The first-order valence-corrected chi connectivity index (χ1v) is 8.84. The number of aromatic nitrogens is 1. The number of isothiocyanates is 1. The highest BCUT2D eigenvalue weighted by Gasteiger charge is 2.46. The van der Waals surface area contributed by atoms with Gasteiger partial charge in [-0.05, 0) is 49.5 Å². The third-order valence-corrected chi connectivity index (χ3v) is 5.82. The van der Waals surface area contributed by atoms with Gasteiger partial charge in [0.2, 0.25) is 0 Å². The van der Waals surface area contributed by atoms with Crippen molar-refractivity contribution >= 4 is 28.3 Å². The van der Waals surface area contributed by atoms with E-state index in [9.17, 15) is 0 Å². The quantitative estimate of drug-likeness (QED) is 0.420. The number of hydrogen-bond acceptors (Lipinski definition) is 2. The molecule has 24 heavy (non-hydrogen) atoms. The molecular weight excluding hydrogens is 312 g/mol. The van der Waals surface area contributed by atoms with Gasteiger partial charge in [0.1, 0.15) is 0 Å². The fourth-order valence-electron chi connectivity index (χ4n) is 4.24. The van der Waals surface area contributed by atoms with Crippen LogP contribution in [0.5, 0.6) is 0 Å². The third-order valence-electron chi connectivity index (χ3n) is 5.71. The Bertz CT molecular complexity index is 827. The second kappa shape index (κ2) is 6.51. The number of benzene rings is 1. The maximum Gasteiger partial charge on any atom is 0.0765 e. The van der Waals surface area contributed by atoms with Gasteiger partial charge >= 0.3 is 0 Å². The van der Waals surface area contributed by atoms with Crippen LogP contribution in [0.2, 0.25) is 0 Å². The molecule has 1 aromatic carbocycles. The molecule has 0 aliphatic heterocycles. The predicted molar refractivity (Wildman–Crippen MR) is 106 cm³/mol. The van der Waals surface area contributed by atoms with Crippen LogP contribution >= 0.6 is 12.2 Å². The zero-order valence-corrected chi connectivity index (χ0v) is 15.2. The molecule has 2 nitrogen and oxygen atoms in total. The lowest BCUT2D eigenvalue weighted by atomic mass is 9.59. The lowest BCUT2D eigenvalue weighted by Gasteiger charge is -2.46. The minimum atomic E-state index is -0.0825. The van der Waals surface area contributed by atoms with Gasteiger partial charge in [-0.2, -0.15) is 0 Å². The Hall–Kier alpha value is -1.96. The molecular formula is C21H24N2S. The summed E-state index contributed by atoms with van der Waals surface area (Å²) in [7, 11) is 0. The highest BCUT2D eigenvalue weighted by Crippen LogP contribution is 2.52. The minimum Gasteiger partial charge on any atom is -0.361 e. The number of H-pyrrole nitrogens is 1. The van der Waals surface area contributed by atoms with E-state index < -0.39 is 0 Å². The van der Waals surface area contributed by atoms with E-state index in [0.717, 1.165) is 18.4 Å². The van der Waals surface area contributed by atoms with Gasteiger partial charge in [-0.1, -0.05) is 43.4 Å². The maximum atomic E-state index is 4.98. The Labute approximate surface area is 149 Å². The second-order valence-electron chi connectivity index (χ2n) is 7.18. The van der Waals surface area contributed by atoms with Gasteiger partial charge in [0.15, 0.2) is 0 Å². The number of nitrogens with one attached hydrogen (secondary N) is 1. The van der Waals surface area contributed by atoms with Gasteiger partial charge in [0.25, 0.3) is 0 Å². The Kier molecular flexibility index (Phi) is 4.58. The smallest absolute Gasteiger partial charge is 0.0765 e. The number of thiocarbonyl (C=S) groups is 1. The second-order valence-corrected chi connectivity index (χ2v) is 7.36. The average molecular weight is 337 g/mol. The Morgan fingerprint density at radius 1 is 1.46 bits per heavy atom. The van der Waals surface area contributed by atoms with Gasteiger partial charge in [-0.3, -0.25) is 0 Å². The summed E-state index contributed by atoms with van der Waals surface area (Å²) in [4.78, 5) is 8.03. The van der Waals surface area contributed by atoms with Crippen molar-refractivity contribution in [3.05, 3.63) is 60.8 Å². The normalized spacial score (nSPS) is 29.8. The molecule has 3 heteroatoms. The topological polar surface area (TPSA) is 28.1 Å². The van der Waals surface area contributed by atoms with Gasteiger partial charge in [0.05, 0.1) is 11.2 Å². The molecule has 0 spiro atoms. The van der Waals surface area contributed by atoms with Crippen molar-refractivity contribution in [3.8, 4) is 0 Å². The van der Waals surface area contributed by atoms with Crippen LogP contribution < -0.4 is 0 Å². The molecule has 1 heterocycles. The minimum absolute atomic E-state index is 0.0298. The van der Waals surface area contributed by atoms with Crippen LogP contribution in [0.3, 0.4) is 0 Å². The largest absolute Gasteiger partial charge is 0.361 e. The SMILES string of the molecule is C=C[C@@]1(C)CCC(C(=C)C)[C@H](c2c[nH]c3ccccc23)[C@H]1N=C=S. The van der Waals surface area contributed by atoms with E-state index in [0.29, 0.717) is 5.92 Å². The van der Waals surface area contributed by atoms with Crippen molar-refractivity contribution in [2.45, 2.75) is 38.6 Å². The van der Waals surface area contributed by atoms with Crippen molar-refractivity contribution < 1.29 is 0 Å². The van der Waals surface area contributed by atoms with E-state index in [1.54, 1.807) is 0 Å². The number of para-hydroxylation sites is 1. The highest BCUT2D eigenvalue weighted by atomic mass is 32.1. The van der Waals surface area contributed by atoms with Crippen LogP contribution in [0, 0.1) is 11.3 Å². The predicted octanol–water partition coefficient (Wildman–Crippen LogP) is 5.90. The summed E-state index contributed by atoms with van der Waals surface area (Å²) in [5.41, 5.74) is 3.58. The Morgan fingerprint density at radius 3 is 2.88 bits per heavy atom. The van der Waals surface area contributed by atoms with Crippen LogP contribution in [0.15, 0.2) is 60.3 Å². The molecule has 124 valence electrons. The molecule has 1 aliphatic rings.